The third-order valence-electron chi connectivity index (χ3n) is 2.82. The molecule has 1 heterocycles. The van der Waals surface area contributed by atoms with E-state index >= 15 is 0 Å². The van der Waals surface area contributed by atoms with Crippen molar-refractivity contribution in [2.45, 2.75) is 39.0 Å². The van der Waals surface area contributed by atoms with Crippen LogP contribution in [0, 0.1) is 0 Å². The first-order chi connectivity index (χ1) is 6.98. The van der Waals surface area contributed by atoms with Gasteiger partial charge in [-0.05, 0) is 35.4 Å². The van der Waals surface area contributed by atoms with Crippen molar-refractivity contribution in [1.29, 1.82) is 0 Å². The number of ether oxygens (including phenoxy) is 1. The van der Waals surface area contributed by atoms with Gasteiger partial charge in [-0.2, -0.15) is 0 Å². The van der Waals surface area contributed by atoms with Gasteiger partial charge in [-0.1, -0.05) is 38.4 Å². The summed E-state index contributed by atoms with van der Waals surface area (Å²) >= 11 is 6.23. The molecule has 0 aliphatic carbocycles. The van der Waals surface area contributed by atoms with E-state index in [2.05, 4.69) is 26.8 Å². The summed E-state index contributed by atoms with van der Waals surface area (Å²) in [4.78, 5) is 0. The molecule has 0 aromatic heterocycles. The van der Waals surface area contributed by atoms with Crippen LogP contribution in [0.25, 0.3) is 0 Å². The highest BCUT2D eigenvalue weighted by atomic mass is 35.5. The van der Waals surface area contributed by atoms with Gasteiger partial charge in [0.15, 0.2) is 0 Å². The smallest absolute Gasteiger partial charge is 0.141 e. The molecule has 1 aromatic carbocycles. The van der Waals surface area contributed by atoms with E-state index in [-0.39, 0.29) is 5.41 Å². The monoisotopic (exact) mass is 224 g/mol. The molecule has 0 unspecified atom stereocenters. The zero-order valence-electron chi connectivity index (χ0n) is 9.56. The number of hydrogen-bond donors (Lipinski definition) is 0. The average molecular weight is 225 g/mol. The van der Waals surface area contributed by atoms with E-state index in [0.29, 0.717) is 0 Å². The quantitative estimate of drug-likeness (QED) is 0.648. The molecular weight excluding hydrogens is 208 g/mol. The van der Waals surface area contributed by atoms with Crippen molar-refractivity contribution in [2.24, 2.45) is 0 Å². The Balaban J connectivity index is 2.50. The molecule has 1 nitrogen and oxygen atoms in total. The lowest BCUT2D eigenvalue weighted by atomic mass is 9.85. The largest absolute Gasteiger partial charge is 0.492 e. The summed E-state index contributed by atoms with van der Waals surface area (Å²) in [6.45, 7) is 7.40. The Bertz CT molecular complexity index is 377. The second kappa shape index (κ2) is 3.71. The fourth-order valence-electron chi connectivity index (χ4n) is 1.87. The van der Waals surface area contributed by atoms with Gasteiger partial charge in [0.1, 0.15) is 5.75 Å². The number of benzene rings is 1. The molecular formula is C13H17ClO. The minimum atomic E-state index is 0.149. The van der Waals surface area contributed by atoms with Crippen LogP contribution in [0.5, 0.6) is 5.75 Å². The summed E-state index contributed by atoms with van der Waals surface area (Å²) in [7, 11) is 0. The van der Waals surface area contributed by atoms with Crippen LogP contribution in [0.1, 0.15) is 38.3 Å². The van der Waals surface area contributed by atoms with Crippen LogP contribution < -0.4 is 4.74 Å². The van der Waals surface area contributed by atoms with Crippen molar-refractivity contribution < 1.29 is 4.74 Å². The molecule has 82 valence electrons. The van der Waals surface area contributed by atoms with Gasteiger partial charge >= 0.3 is 0 Å². The first-order valence-electron chi connectivity index (χ1n) is 5.44. The highest BCUT2D eigenvalue weighted by Gasteiger charge is 2.20. The molecule has 15 heavy (non-hydrogen) atoms. The summed E-state index contributed by atoms with van der Waals surface area (Å²) in [6.07, 6.45) is 2.18. The van der Waals surface area contributed by atoms with Crippen LogP contribution in [0.4, 0.5) is 0 Å². The van der Waals surface area contributed by atoms with Gasteiger partial charge < -0.3 is 4.74 Å². The van der Waals surface area contributed by atoms with E-state index in [1.54, 1.807) is 0 Å². The van der Waals surface area contributed by atoms with Crippen molar-refractivity contribution in [3.63, 3.8) is 0 Å². The lowest BCUT2D eigenvalue weighted by molar-refractivity contribution is 0.288. The summed E-state index contributed by atoms with van der Waals surface area (Å²) in [5.74, 6) is 0.899. The summed E-state index contributed by atoms with van der Waals surface area (Å²) in [5.41, 5.74) is 2.70. The van der Waals surface area contributed by atoms with Gasteiger partial charge in [0.25, 0.3) is 0 Å². The Morgan fingerprint density at radius 2 is 2.00 bits per heavy atom. The molecule has 1 aliphatic rings. The van der Waals surface area contributed by atoms with Crippen molar-refractivity contribution in [1.82, 2.24) is 0 Å². The van der Waals surface area contributed by atoms with Crippen LogP contribution in [-0.4, -0.2) is 6.61 Å². The molecule has 0 spiro atoms. The molecule has 0 saturated carbocycles. The highest BCUT2D eigenvalue weighted by molar-refractivity contribution is 6.32. The Morgan fingerprint density at radius 1 is 1.27 bits per heavy atom. The van der Waals surface area contributed by atoms with Crippen LogP contribution >= 0.6 is 11.6 Å². The predicted molar refractivity (Wildman–Crippen MR) is 64.0 cm³/mol. The standard InChI is InChI=1S/C13H17ClO/c1-13(2,3)10-7-9-5-4-6-15-12(9)11(14)8-10/h7-8H,4-6H2,1-3H3. The van der Waals surface area contributed by atoms with Crippen LogP contribution in [-0.2, 0) is 11.8 Å². The van der Waals surface area contributed by atoms with Gasteiger partial charge in [-0.15, -0.1) is 0 Å². The van der Waals surface area contributed by atoms with E-state index in [1.807, 2.05) is 6.07 Å². The molecule has 0 bridgehead atoms. The number of aryl methyl sites for hydroxylation is 1. The first-order valence-corrected chi connectivity index (χ1v) is 5.82. The van der Waals surface area contributed by atoms with E-state index in [0.717, 1.165) is 30.2 Å². The maximum absolute atomic E-state index is 6.23. The Kier molecular flexibility index (Phi) is 2.68. The van der Waals surface area contributed by atoms with E-state index in [9.17, 15) is 0 Å². The van der Waals surface area contributed by atoms with Crippen molar-refractivity contribution >= 4 is 11.6 Å². The Hall–Kier alpha value is -0.690. The van der Waals surface area contributed by atoms with Gasteiger partial charge in [0.05, 0.1) is 11.6 Å². The van der Waals surface area contributed by atoms with Gasteiger partial charge in [-0.25, -0.2) is 0 Å². The zero-order valence-corrected chi connectivity index (χ0v) is 10.3. The van der Waals surface area contributed by atoms with Gasteiger partial charge in [0, 0.05) is 0 Å². The normalized spacial score (nSPS) is 15.7. The fraction of sp³-hybridized carbons (Fsp3) is 0.538. The van der Waals surface area contributed by atoms with Gasteiger partial charge in [-0.3, -0.25) is 0 Å². The second-order valence-electron chi connectivity index (χ2n) is 5.15. The minimum absolute atomic E-state index is 0.149. The third kappa shape index (κ3) is 2.12. The molecule has 1 aromatic rings. The maximum atomic E-state index is 6.23. The van der Waals surface area contributed by atoms with Crippen molar-refractivity contribution in [2.75, 3.05) is 6.61 Å². The average Bonchev–Trinajstić information content (AvgIpc) is 2.16. The van der Waals surface area contributed by atoms with E-state index < -0.39 is 0 Å². The first kappa shape index (κ1) is 10.8. The maximum Gasteiger partial charge on any atom is 0.141 e. The number of hydrogen-bond acceptors (Lipinski definition) is 1. The lowest BCUT2D eigenvalue weighted by Crippen LogP contribution is -2.14. The molecule has 0 atom stereocenters. The molecule has 2 rings (SSSR count). The molecule has 1 aliphatic heterocycles. The van der Waals surface area contributed by atoms with Crippen LogP contribution in [0.15, 0.2) is 12.1 Å². The summed E-state index contributed by atoms with van der Waals surface area (Å²) in [6, 6.07) is 4.27. The molecule has 2 heteroatoms. The van der Waals surface area contributed by atoms with Gasteiger partial charge in [0.2, 0.25) is 0 Å². The van der Waals surface area contributed by atoms with Crippen molar-refractivity contribution in [3.05, 3.63) is 28.3 Å². The number of fused-ring (bicyclic) bond motifs is 1. The molecule has 0 saturated heterocycles. The van der Waals surface area contributed by atoms with Crippen LogP contribution in [0.3, 0.4) is 0 Å². The molecule has 0 radical (unpaired) electrons. The SMILES string of the molecule is CC(C)(C)c1cc(Cl)c2c(c1)CCCO2. The molecule has 0 fully saturated rings. The highest BCUT2D eigenvalue weighted by Crippen LogP contribution is 2.37. The molecule has 0 N–H and O–H groups in total. The number of rotatable bonds is 0. The summed E-state index contributed by atoms with van der Waals surface area (Å²) < 4.78 is 5.59. The second-order valence-corrected chi connectivity index (χ2v) is 5.56. The number of halogens is 1. The van der Waals surface area contributed by atoms with Crippen LogP contribution in [0.2, 0.25) is 5.02 Å². The Morgan fingerprint density at radius 3 is 2.67 bits per heavy atom. The minimum Gasteiger partial charge on any atom is -0.492 e. The third-order valence-corrected chi connectivity index (χ3v) is 3.10. The van der Waals surface area contributed by atoms with E-state index in [1.165, 1.54) is 11.1 Å². The fourth-order valence-corrected chi connectivity index (χ4v) is 2.16. The predicted octanol–water partition coefficient (Wildman–Crippen LogP) is 3.96. The zero-order chi connectivity index (χ0) is 11.1. The Labute approximate surface area is 96.4 Å². The van der Waals surface area contributed by atoms with E-state index in [4.69, 9.17) is 16.3 Å². The topological polar surface area (TPSA) is 9.23 Å². The lowest BCUT2D eigenvalue weighted by Gasteiger charge is -2.24. The van der Waals surface area contributed by atoms with Crippen molar-refractivity contribution in [3.8, 4) is 5.75 Å². The molecule has 0 amide bonds. The summed E-state index contributed by atoms with van der Waals surface area (Å²) in [5, 5.41) is 0.761.